The fourth-order valence-corrected chi connectivity index (χ4v) is 2.91. The van der Waals surface area contributed by atoms with Gasteiger partial charge in [0.15, 0.2) is 0 Å². The molecule has 1 aliphatic heterocycles. The van der Waals surface area contributed by atoms with E-state index in [1.165, 1.54) is 0 Å². The number of hydrogen-bond donors (Lipinski definition) is 1. The second-order valence-corrected chi connectivity index (χ2v) is 5.84. The van der Waals surface area contributed by atoms with Crippen molar-refractivity contribution in [3.05, 3.63) is 42.2 Å². The van der Waals surface area contributed by atoms with E-state index in [1.54, 1.807) is 4.80 Å². The Morgan fingerprint density at radius 3 is 2.90 bits per heavy atom. The van der Waals surface area contributed by atoms with Crippen LogP contribution in [0, 0.1) is 5.92 Å². The van der Waals surface area contributed by atoms with Crippen molar-refractivity contribution in [3.8, 4) is 5.69 Å². The van der Waals surface area contributed by atoms with Crippen LogP contribution in [0.1, 0.15) is 25.5 Å². The van der Waals surface area contributed by atoms with Crippen molar-refractivity contribution >= 4 is 0 Å². The van der Waals surface area contributed by atoms with Gasteiger partial charge in [0.1, 0.15) is 0 Å². The smallest absolute Gasteiger partial charge is 0.0971 e. The molecule has 0 amide bonds. The van der Waals surface area contributed by atoms with Crippen molar-refractivity contribution < 1.29 is 5.11 Å². The summed E-state index contributed by atoms with van der Waals surface area (Å²) >= 11 is 0. The maximum absolute atomic E-state index is 9.76. The average Bonchev–Trinajstić information content (AvgIpc) is 2.97. The molecule has 5 nitrogen and oxygen atoms in total. The monoisotopic (exact) mass is 286 g/mol. The van der Waals surface area contributed by atoms with E-state index < -0.39 is 0 Å². The van der Waals surface area contributed by atoms with Crippen molar-refractivity contribution in [1.29, 1.82) is 0 Å². The van der Waals surface area contributed by atoms with Gasteiger partial charge in [-0.2, -0.15) is 15.0 Å². The van der Waals surface area contributed by atoms with Crippen molar-refractivity contribution in [2.24, 2.45) is 5.92 Å². The van der Waals surface area contributed by atoms with Crippen LogP contribution in [0.3, 0.4) is 0 Å². The third-order valence-electron chi connectivity index (χ3n) is 4.14. The average molecular weight is 286 g/mol. The molecule has 1 aromatic heterocycles. The van der Waals surface area contributed by atoms with Gasteiger partial charge in [-0.25, -0.2) is 0 Å². The molecule has 2 heterocycles. The molecule has 0 bridgehead atoms. The van der Waals surface area contributed by atoms with E-state index in [0.29, 0.717) is 5.92 Å². The van der Waals surface area contributed by atoms with Crippen LogP contribution < -0.4 is 0 Å². The third kappa shape index (κ3) is 3.49. The molecule has 3 rings (SSSR count). The zero-order valence-electron chi connectivity index (χ0n) is 12.4. The van der Waals surface area contributed by atoms with Crippen LogP contribution in [0.4, 0.5) is 0 Å². The standard InChI is InChI=1S/C16H22N4O/c1-13(21)14-6-5-9-19(11-14)12-15-10-17-20(18-15)16-7-3-2-4-8-16/h2-4,7-8,10,13-14,21H,5-6,9,11-12H2,1H3. The molecule has 1 aromatic carbocycles. The second kappa shape index (κ2) is 6.37. The summed E-state index contributed by atoms with van der Waals surface area (Å²) in [5.74, 6) is 0.378. The van der Waals surface area contributed by atoms with Crippen LogP contribution in [0.5, 0.6) is 0 Å². The van der Waals surface area contributed by atoms with Crippen molar-refractivity contribution in [2.45, 2.75) is 32.4 Å². The number of aliphatic hydroxyl groups excluding tert-OH is 1. The Kier molecular flexibility index (Phi) is 4.31. The van der Waals surface area contributed by atoms with Gasteiger partial charge in [0.05, 0.1) is 23.7 Å². The van der Waals surface area contributed by atoms with Crippen LogP contribution in [0.15, 0.2) is 36.5 Å². The number of rotatable bonds is 4. The number of para-hydroxylation sites is 1. The van der Waals surface area contributed by atoms with E-state index in [1.807, 2.05) is 43.5 Å². The minimum atomic E-state index is -0.229. The number of aliphatic hydroxyl groups is 1. The Hall–Kier alpha value is -1.72. The largest absolute Gasteiger partial charge is 0.393 e. The summed E-state index contributed by atoms with van der Waals surface area (Å²) in [6.07, 6.45) is 3.86. The van der Waals surface area contributed by atoms with Gasteiger partial charge >= 0.3 is 0 Å². The topological polar surface area (TPSA) is 54.2 Å². The van der Waals surface area contributed by atoms with Crippen molar-refractivity contribution in [3.63, 3.8) is 0 Å². The predicted molar refractivity (Wildman–Crippen MR) is 81.0 cm³/mol. The summed E-state index contributed by atoms with van der Waals surface area (Å²) < 4.78 is 0. The van der Waals surface area contributed by atoms with Crippen LogP contribution in [-0.4, -0.2) is 44.2 Å². The number of benzene rings is 1. The van der Waals surface area contributed by atoms with Gasteiger partial charge in [-0.1, -0.05) is 18.2 Å². The number of piperidine rings is 1. The molecule has 0 saturated carbocycles. The number of likely N-dealkylation sites (tertiary alicyclic amines) is 1. The van der Waals surface area contributed by atoms with E-state index in [-0.39, 0.29) is 6.10 Å². The molecule has 21 heavy (non-hydrogen) atoms. The van der Waals surface area contributed by atoms with Gasteiger partial charge in [-0.05, 0) is 44.4 Å². The van der Waals surface area contributed by atoms with E-state index in [2.05, 4.69) is 15.1 Å². The normalized spacial score (nSPS) is 21.3. The quantitative estimate of drug-likeness (QED) is 0.932. The van der Waals surface area contributed by atoms with Gasteiger partial charge in [0.25, 0.3) is 0 Å². The fraction of sp³-hybridized carbons (Fsp3) is 0.500. The van der Waals surface area contributed by atoms with Crippen molar-refractivity contribution in [1.82, 2.24) is 19.9 Å². The van der Waals surface area contributed by atoms with Crippen LogP contribution in [0.25, 0.3) is 5.69 Å². The summed E-state index contributed by atoms with van der Waals surface area (Å²) in [6.45, 7) is 4.70. The molecule has 5 heteroatoms. The minimum Gasteiger partial charge on any atom is -0.393 e. The Balaban J connectivity index is 1.65. The summed E-state index contributed by atoms with van der Waals surface area (Å²) in [4.78, 5) is 4.03. The summed E-state index contributed by atoms with van der Waals surface area (Å²) in [6, 6.07) is 9.94. The number of aromatic nitrogens is 3. The first-order valence-electron chi connectivity index (χ1n) is 7.59. The highest BCUT2D eigenvalue weighted by Gasteiger charge is 2.23. The van der Waals surface area contributed by atoms with Gasteiger partial charge in [-0.3, -0.25) is 4.90 Å². The summed E-state index contributed by atoms with van der Waals surface area (Å²) in [7, 11) is 0. The first kappa shape index (κ1) is 14.2. The van der Waals surface area contributed by atoms with Crippen LogP contribution in [0.2, 0.25) is 0 Å². The van der Waals surface area contributed by atoms with Crippen LogP contribution >= 0.6 is 0 Å². The number of hydrogen-bond acceptors (Lipinski definition) is 4. The van der Waals surface area contributed by atoms with E-state index in [0.717, 1.165) is 43.9 Å². The Bertz CT molecular complexity index is 567. The van der Waals surface area contributed by atoms with Gasteiger partial charge in [0, 0.05) is 13.1 Å². The SMILES string of the molecule is CC(O)C1CCCN(Cc2cnn(-c3ccccc3)n2)C1. The zero-order valence-corrected chi connectivity index (χ0v) is 12.4. The lowest BCUT2D eigenvalue weighted by Crippen LogP contribution is -2.39. The molecule has 1 aliphatic rings. The molecule has 2 unspecified atom stereocenters. The third-order valence-corrected chi connectivity index (χ3v) is 4.14. The van der Waals surface area contributed by atoms with E-state index >= 15 is 0 Å². The zero-order chi connectivity index (χ0) is 14.7. The highest BCUT2D eigenvalue weighted by atomic mass is 16.3. The van der Waals surface area contributed by atoms with Crippen LogP contribution in [-0.2, 0) is 6.54 Å². The first-order valence-corrected chi connectivity index (χ1v) is 7.59. The molecule has 0 spiro atoms. The Morgan fingerprint density at radius 1 is 1.33 bits per heavy atom. The molecule has 112 valence electrons. The highest BCUT2D eigenvalue weighted by Crippen LogP contribution is 2.20. The van der Waals surface area contributed by atoms with E-state index in [9.17, 15) is 5.11 Å². The summed E-state index contributed by atoms with van der Waals surface area (Å²) in [5, 5.41) is 18.6. The highest BCUT2D eigenvalue weighted by molar-refractivity contribution is 5.28. The maximum atomic E-state index is 9.76. The molecular weight excluding hydrogens is 264 g/mol. The molecule has 1 saturated heterocycles. The maximum Gasteiger partial charge on any atom is 0.0971 e. The lowest BCUT2D eigenvalue weighted by atomic mass is 9.93. The Morgan fingerprint density at radius 2 is 2.14 bits per heavy atom. The number of nitrogens with zero attached hydrogens (tertiary/aromatic N) is 4. The molecular formula is C16H22N4O. The molecule has 2 atom stereocenters. The van der Waals surface area contributed by atoms with Gasteiger partial charge in [0.2, 0.25) is 0 Å². The summed E-state index contributed by atoms with van der Waals surface area (Å²) in [5.41, 5.74) is 1.95. The molecule has 0 aliphatic carbocycles. The fourth-order valence-electron chi connectivity index (χ4n) is 2.91. The first-order chi connectivity index (χ1) is 10.2. The molecule has 1 N–H and O–H groups in total. The lowest BCUT2D eigenvalue weighted by Gasteiger charge is -2.33. The minimum absolute atomic E-state index is 0.229. The van der Waals surface area contributed by atoms with Crippen molar-refractivity contribution in [2.75, 3.05) is 13.1 Å². The lowest BCUT2D eigenvalue weighted by molar-refractivity contribution is 0.0594. The van der Waals surface area contributed by atoms with Gasteiger partial charge in [-0.15, -0.1) is 0 Å². The second-order valence-electron chi connectivity index (χ2n) is 5.84. The molecule has 0 radical (unpaired) electrons. The van der Waals surface area contributed by atoms with Gasteiger partial charge < -0.3 is 5.11 Å². The van der Waals surface area contributed by atoms with E-state index in [4.69, 9.17) is 0 Å². The molecule has 2 aromatic rings. The predicted octanol–water partition coefficient (Wildman–Crippen LogP) is 1.86. The Labute approximate surface area is 125 Å². The molecule has 1 fully saturated rings.